The minimum atomic E-state index is 0.528. The van der Waals surface area contributed by atoms with E-state index < -0.39 is 0 Å². The van der Waals surface area contributed by atoms with Gasteiger partial charge in [-0.1, -0.05) is 24.6 Å². The van der Waals surface area contributed by atoms with Gasteiger partial charge in [-0.15, -0.1) is 0 Å². The van der Waals surface area contributed by atoms with Gasteiger partial charge in [0.2, 0.25) is 0 Å². The zero-order valence-corrected chi connectivity index (χ0v) is 12.2. The molecule has 1 aromatic carbocycles. The lowest BCUT2D eigenvalue weighted by Crippen LogP contribution is -2.29. The van der Waals surface area contributed by atoms with Crippen LogP contribution in [0.5, 0.6) is 0 Å². The molecule has 0 bridgehead atoms. The number of benzene rings is 1. The molecule has 1 heterocycles. The zero-order chi connectivity index (χ0) is 13.3. The van der Waals surface area contributed by atoms with Crippen molar-refractivity contribution in [1.82, 2.24) is 4.90 Å². The summed E-state index contributed by atoms with van der Waals surface area (Å²) in [5.41, 5.74) is 11.7. The van der Waals surface area contributed by atoms with Gasteiger partial charge in [0.1, 0.15) is 0 Å². The van der Waals surface area contributed by atoms with E-state index in [0.717, 1.165) is 13.1 Å². The molecule has 0 radical (unpaired) electrons. The van der Waals surface area contributed by atoms with Gasteiger partial charge in [-0.25, -0.2) is 0 Å². The van der Waals surface area contributed by atoms with Crippen molar-refractivity contribution in [2.45, 2.75) is 40.2 Å². The first kappa shape index (κ1) is 13.6. The number of hydrogen-bond acceptors (Lipinski definition) is 2. The molecule has 1 saturated heterocycles. The molecule has 0 saturated carbocycles. The first-order valence-electron chi connectivity index (χ1n) is 7.10. The van der Waals surface area contributed by atoms with Crippen LogP contribution in [-0.4, -0.2) is 24.5 Å². The maximum atomic E-state index is 5.98. The van der Waals surface area contributed by atoms with Crippen LogP contribution in [-0.2, 0) is 0 Å². The van der Waals surface area contributed by atoms with Gasteiger partial charge in [-0.2, -0.15) is 0 Å². The maximum absolute atomic E-state index is 5.98. The molecule has 0 aromatic heterocycles. The molecule has 2 N–H and O–H groups in total. The summed E-state index contributed by atoms with van der Waals surface area (Å²) in [4.78, 5) is 2.59. The Morgan fingerprint density at radius 3 is 2.33 bits per heavy atom. The third kappa shape index (κ3) is 2.32. The van der Waals surface area contributed by atoms with Gasteiger partial charge in [-0.05, 0) is 69.4 Å². The van der Waals surface area contributed by atoms with Crippen LogP contribution in [0.3, 0.4) is 0 Å². The van der Waals surface area contributed by atoms with Crippen LogP contribution in [0, 0.1) is 26.7 Å². The molecule has 0 amide bonds. The smallest absolute Gasteiger partial charge is 0.0393 e. The normalized spacial score (nSPS) is 24.7. The number of aryl methyl sites for hydroxylation is 3. The Hall–Kier alpha value is -0.860. The number of likely N-dealkylation sites (tertiary alicyclic amines) is 1. The first-order valence-corrected chi connectivity index (χ1v) is 7.10. The van der Waals surface area contributed by atoms with Crippen molar-refractivity contribution in [2.24, 2.45) is 11.7 Å². The van der Waals surface area contributed by atoms with Crippen molar-refractivity contribution in [2.75, 3.05) is 19.6 Å². The van der Waals surface area contributed by atoms with E-state index in [4.69, 9.17) is 5.73 Å². The molecule has 2 unspecified atom stereocenters. The van der Waals surface area contributed by atoms with Crippen molar-refractivity contribution in [3.8, 4) is 0 Å². The Balaban J connectivity index is 2.45. The maximum Gasteiger partial charge on any atom is 0.0393 e. The molecule has 2 atom stereocenters. The van der Waals surface area contributed by atoms with E-state index in [0.29, 0.717) is 12.0 Å². The van der Waals surface area contributed by atoms with Crippen molar-refractivity contribution >= 4 is 0 Å². The summed E-state index contributed by atoms with van der Waals surface area (Å²) in [6.45, 7) is 12.0. The molecule has 2 heteroatoms. The van der Waals surface area contributed by atoms with E-state index in [1.54, 1.807) is 0 Å². The second-order valence-corrected chi connectivity index (χ2v) is 5.67. The SMILES string of the molecule is CCN1CCC(CN)C1c1c(C)cc(C)cc1C. The number of nitrogens with two attached hydrogens (primary N) is 1. The topological polar surface area (TPSA) is 29.3 Å². The third-order valence-electron chi connectivity index (χ3n) is 4.37. The molecule has 0 spiro atoms. The lowest BCUT2D eigenvalue weighted by Gasteiger charge is -2.30. The van der Waals surface area contributed by atoms with Crippen molar-refractivity contribution in [1.29, 1.82) is 0 Å². The summed E-state index contributed by atoms with van der Waals surface area (Å²) in [5, 5.41) is 0. The van der Waals surface area contributed by atoms with Gasteiger partial charge >= 0.3 is 0 Å². The summed E-state index contributed by atoms with van der Waals surface area (Å²) >= 11 is 0. The van der Waals surface area contributed by atoms with Crippen molar-refractivity contribution < 1.29 is 0 Å². The lowest BCUT2D eigenvalue weighted by molar-refractivity contribution is 0.240. The van der Waals surface area contributed by atoms with Gasteiger partial charge in [0.15, 0.2) is 0 Å². The number of hydrogen-bond donors (Lipinski definition) is 1. The highest BCUT2D eigenvalue weighted by Gasteiger charge is 2.34. The van der Waals surface area contributed by atoms with E-state index in [2.05, 4.69) is 44.7 Å². The molecule has 0 aliphatic carbocycles. The summed E-state index contributed by atoms with van der Waals surface area (Å²) in [5.74, 6) is 0.616. The molecule has 100 valence electrons. The van der Waals surface area contributed by atoms with Gasteiger partial charge in [0.25, 0.3) is 0 Å². The quantitative estimate of drug-likeness (QED) is 0.888. The van der Waals surface area contributed by atoms with Crippen LogP contribution in [0.15, 0.2) is 12.1 Å². The lowest BCUT2D eigenvalue weighted by atomic mass is 9.87. The third-order valence-corrected chi connectivity index (χ3v) is 4.37. The van der Waals surface area contributed by atoms with Crippen LogP contribution < -0.4 is 5.73 Å². The summed E-state index contributed by atoms with van der Waals surface area (Å²) in [7, 11) is 0. The summed E-state index contributed by atoms with van der Waals surface area (Å²) < 4.78 is 0. The highest BCUT2D eigenvalue weighted by Crippen LogP contribution is 2.39. The molecule has 2 rings (SSSR count). The molecular weight excluding hydrogens is 220 g/mol. The predicted octanol–water partition coefficient (Wildman–Crippen LogP) is 2.95. The van der Waals surface area contributed by atoms with Crippen molar-refractivity contribution in [3.05, 3.63) is 34.4 Å². The fraction of sp³-hybridized carbons (Fsp3) is 0.625. The standard InChI is InChI=1S/C16H26N2/c1-5-18-7-6-14(10-17)16(18)15-12(3)8-11(2)9-13(15)4/h8-9,14,16H,5-7,10,17H2,1-4H3. The van der Waals surface area contributed by atoms with Crippen LogP contribution in [0.2, 0.25) is 0 Å². The highest BCUT2D eigenvalue weighted by atomic mass is 15.2. The minimum Gasteiger partial charge on any atom is -0.330 e. The van der Waals surface area contributed by atoms with E-state index in [-0.39, 0.29) is 0 Å². The number of rotatable bonds is 3. The predicted molar refractivity (Wildman–Crippen MR) is 77.8 cm³/mol. The average Bonchev–Trinajstić information content (AvgIpc) is 2.70. The molecule has 2 nitrogen and oxygen atoms in total. The second kappa shape index (κ2) is 5.41. The Kier molecular flexibility index (Phi) is 4.08. The Labute approximate surface area is 111 Å². The Morgan fingerprint density at radius 2 is 1.83 bits per heavy atom. The van der Waals surface area contributed by atoms with Crippen LogP contribution in [0.25, 0.3) is 0 Å². The van der Waals surface area contributed by atoms with E-state index in [1.807, 2.05) is 0 Å². The van der Waals surface area contributed by atoms with Gasteiger partial charge in [0.05, 0.1) is 0 Å². The fourth-order valence-electron chi connectivity index (χ4n) is 3.60. The molecule has 18 heavy (non-hydrogen) atoms. The number of nitrogens with zero attached hydrogens (tertiary/aromatic N) is 1. The van der Waals surface area contributed by atoms with Crippen molar-refractivity contribution in [3.63, 3.8) is 0 Å². The molecule has 1 aliphatic rings. The van der Waals surface area contributed by atoms with E-state index in [9.17, 15) is 0 Å². The first-order chi connectivity index (χ1) is 8.58. The fourth-order valence-corrected chi connectivity index (χ4v) is 3.60. The van der Waals surface area contributed by atoms with E-state index >= 15 is 0 Å². The largest absolute Gasteiger partial charge is 0.330 e. The molecular formula is C16H26N2. The van der Waals surface area contributed by atoms with Gasteiger partial charge < -0.3 is 5.73 Å². The van der Waals surface area contributed by atoms with Crippen LogP contribution >= 0.6 is 0 Å². The Bertz CT molecular complexity index is 390. The summed E-state index contributed by atoms with van der Waals surface area (Å²) in [6.07, 6.45) is 1.24. The monoisotopic (exact) mass is 246 g/mol. The molecule has 1 aliphatic heterocycles. The van der Waals surface area contributed by atoms with E-state index in [1.165, 1.54) is 35.2 Å². The minimum absolute atomic E-state index is 0.528. The van der Waals surface area contributed by atoms with Gasteiger partial charge in [-0.3, -0.25) is 4.90 Å². The van der Waals surface area contributed by atoms with Gasteiger partial charge in [0, 0.05) is 6.04 Å². The highest BCUT2D eigenvalue weighted by molar-refractivity contribution is 5.40. The average molecular weight is 246 g/mol. The Morgan fingerprint density at radius 1 is 1.22 bits per heavy atom. The van der Waals surface area contributed by atoms with Crippen LogP contribution in [0.4, 0.5) is 0 Å². The summed E-state index contributed by atoms with van der Waals surface area (Å²) in [6, 6.07) is 5.14. The molecule has 1 aromatic rings. The molecule has 1 fully saturated rings. The second-order valence-electron chi connectivity index (χ2n) is 5.67. The van der Waals surface area contributed by atoms with Crippen LogP contribution in [0.1, 0.15) is 41.6 Å². The zero-order valence-electron chi connectivity index (χ0n) is 12.2.